The number of esters is 1. The van der Waals surface area contributed by atoms with E-state index in [0.29, 0.717) is 6.42 Å². The quantitative estimate of drug-likeness (QED) is 0.262. The Labute approximate surface area is 142 Å². The maximum absolute atomic E-state index is 11.3. The van der Waals surface area contributed by atoms with E-state index in [1.807, 2.05) is 6.08 Å². The summed E-state index contributed by atoms with van der Waals surface area (Å²) in [6.45, 7) is 15.7. The molecule has 0 aromatic carbocycles. The SMILES string of the molecule is C=CCC(/C=C(\C)CC/C=C(\C)CCC=C(C)C)OC(=O)C=C. The van der Waals surface area contributed by atoms with Crippen LogP contribution in [0.3, 0.4) is 0 Å². The number of carbonyl (C=O) groups excluding carboxylic acids is 1. The molecular formula is C21H32O2. The molecule has 0 amide bonds. The number of allylic oxidation sites excluding steroid dienone is 5. The number of hydrogen-bond acceptors (Lipinski definition) is 2. The summed E-state index contributed by atoms with van der Waals surface area (Å²) in [5, 5.41) is 0. The van der Waals surface area contributed by atoms with Crippen molar-refractivity contribution in [2.24, 2.45) is 0 Å². The highest BCUT2D eigenvalue weighted by atomic mass is 16.5. The van der Waals surface area contributed by atoms with Crippen molar-refractivity contribution >= 4 is 5.97 Å². The zero-order valence-electron chi connectivity index (χ0n) is 15.2. The zero-order valence-corrected chi connectivity index (χ0v) is 15.2. The summed E-state index contributed by atoms with van der Waals surface area (Å²) in [5.74, 6) is -0.393. The second-order valence-corrected chi connectivity index (χ2v) is 6.13. The molecule has 23 heavy (non-hydrogen) atoms. The van der Waals surface area contributed by atoms with Crippen molar-refractivity contribution in [1.82, 2.24) is 0 Å². The van der Waals surface area contributed by atoms with E-state index >= 15 is 0 Å². The van der Waals surface area contributed by atoms with Crippen LogP contribution < -0.4 is 0 Å². The minimum Gasteiger partial charge on any atom is -0.455 e. The Morgan fingerprint density at radius 3 is 2.17 bits per heavy atom. The minimum absolute atomic E-state index is 0.249. The first-order chi connectivity index (χ1) is 10.9. The van der Waals surface area contributed by atoms with Gasteiger partial charge in [-0.3, -0.25) is 0 Å². The lowest BCUT2D eigenvalue weighted by Crippen LogP contribution is -2.14. The molecule has 2 nitrogen and oxygen atoms in total. The lowest BCUT2D eigenvalue weighted by Gasteiger charge is -2.12. The van der Waals surface area contributed by atoms with Gasteiger partial charge in [-0.05, 0) is 59.5 Å². The van der Waals surface area contributed by atoms with Crippen molar-refractivity contribution in [2.45, 2.75) is 65.9 Å². The average Bonchev–Trinajstić information content (AvgIpc) is 2.46. The van der Waals surface area contributed by atoms with Gasteiger partial charge in [0.05, 0.1) is 0 Å². The highest BCUT2D eigenvalue weighted by molar-refractivity contribution is 5.81. The third-order valence-corrected chi connectivity index (χ3v) is 3.43. The predicted molar refractivity (Wildman–Crippen MR) is 100 cm³/mol. The van der Waals surface area contributed by atoms with E-state index in [1.165, 1.54) is 22.8 Å². The second kappa shape index (κ2) is 12.7. The van der Waals surface area contributed by atoms with Gasteiger partial charge in [0.2, 0.25) is 0 Å². The maximum Gasteiger partial charge on any atom is 0.330 e. The Kier molecular flexibility index (Phi) is 11.7. The largest absolute Gasteiger partial charge is 0.455 e. The number of ether oxygens (including phenoxy) is 1. The number of carbonyl (C=O) groups is 1. The van der Waals surface area contributed by atoms with Crippen molar-refractivity contribution < 1.29 is 9.53 Å². The summed E-state index contributed by atoms with van der Waals surface area (Å²) in [5.41, 5.74) is 4.02. The molecule has 0 rings (SSSR count). The van der Waals surface area contributed by atoms with Crippen LogP contribution in [0.4, 0.5) is 0 Å². The fourth-order valence-corrected chi connectivity index (χ4v) is 2.15. The number of rotatable bonds is 11. The lowest BCUT2D eigenvalue weighted by atomic mass is 10.0. The molecule has 0 fully saturated rings. The van der Waals surface area contributed by atoms with Gasteiger partial charge in [0.15, 0.2) is 0 Å². The first-order valence-electron chi connectivity index (χ1n) is 8.29. The van der Waals surface area contributed by atoms with Gasteiger partial charge in [-0.15, -0.1) is 6.58 Å². The van der Waals surface area contributed by atoms with Crippen molar-refractivity contribution in [2.75, 3.05) is 0 Å². The molecule has 0 aliphatic rings. The van der Waals surface area contributed by atoms with Gasteiger partial charge in [0.1, 0.15) is 6.10 Å². The molecule has 0 aliphatic heterocycles. The molecule has 1 unspecified atom stereocenters. The summed E-state index contributed by atoms with van der Waals surface area (Å²) in [6.07, 6.45) is 14.1. The topological polar surface area (TPSA) is 26.3 Å². The first kappa shape index (κ1) is 21.2. The highest BCUT2D eigenvalue weighted by Gasteiger charge is 2.08. The van der Waals surface area contributed by atoms with Crippen LogP contribution in [0, 0.1) is 0 Å². The summed E-state index contributed by atoms with van der Waals surface area (Å²) in [4.78, 5) is 11.3. The minimum atomic E-state index is -0.393. The van der Waals surface area contributed by atoms with Crippen molar-refractivity contribution in [3.63, 3.8) is 0 Å². The Bertz CT molecular complexity index is 474. The molecule has 0 saturated heterocycles. The summed E-state index contributed by atoms with van der Waals surface area (Å²) in [6, 6.07) is 0. The van der Waals surface area contributed by atoms with E-state index in [9.17, 15) is 4.79 Å². The smallest absolute Gasteiger partial charge is 0.330 e. The Hall–Kier alpha value is -1.83. The molecule has 0 aromatic heterocycles. The summed E-state index contributed by atoms with van der Waals surface area (Å²) >= 11 is 0. The van der Waals surface area contributed by atoms with E-state index in [0.717, 1.165) is 25.7 Å². The molecule has 0 aromatic rings. The van der Waals surface area contributed by atoms with Crippen LogP contribution in [0.15, 0.2) is 60.3 Å². The third kappa shape index (κ3) is 12.4. The zero-order chi connectivity index (χ0) is 17.7. The lowest BCUT2D eigenvalue weighted by molar-refractivity contribution is -0.140. The average molecular weight is 316 g/mol. The monoisotopic (exact) mass is 316 g/mol. The molecule has 128 valence electrons. The van der Waals surface area contributed by atoms with E-state index in [2.05, 4.69) is 53.0 Å². The van der Waals surface area contributed by atoms with E-state index in [4.69, 9.17) is 4.74 Å². The van der Waals surface area contributed by atoms with Crippen LogP contribution in [0.2, 0.25) is 0 Å². The van der Waals surface area contributed by atoms with Crippen LogP contribution in [0.5, 0.6) is 0 Å². The van der Waals surface area contributed by atoms with E-state index < -0.39 is 5.97 Å². The maximum atomic E-state index is 11.3. The molecule has 1 atom stereocenters. The molecule has 0 aliphatic carbocycles. The van der Waals surface area contributed by atoms with Gasteiger partial charge in [0.25, 0.3) is 0 Å². The Morgan fingerprint density at radius 2 is 1.61 bits per heavy atom. The molecule has 0 saturated carbocycles. The van der Waals surface area contributed by atoms with Gasteiger partial charge in [-0.25, -0.2) is 4.79 Å². The molecular weight excluding hydrogens is 284 g/mol. The fourth-order valence-electron chi connectivity index (χ4n) is 2.15. The molecule has 0 heterocycles. The van der Waals surface area contributed by atoms with E-state index in [-0.39, 0.29) is 6.10 Å². The molecule has 2 heteroatoms. The van der Waals surface area contributed by atoms with Crippen LogP contribution in [-0.4, -0.2) is 12.1 Å². The van der Waals surface area contributed by atoms with Crippen molar-refractivity contribution in [3.05, 3.63) is 60.3 Å². The number of hydrogen-bond donors (Lipinski definition) is 0. The van der Waals surface area contributed by atoms with Gasteiger partial charge in [-0.2, -0.15) is 0 Å². The standard InChI is InChI=1S/C21H32O2/c1-7-11-20(23-21(22)8-2)16-19(6)15-10-14-18(5)13-9-12-17(3)4/h7-8,12,14,16,20H,1-2,9-11,13,15H2,3-6H3/b18-14+,19-16+. The normalized spacial score (nSPS) is 13.2. The van der Waals surface area contributed by atoms with Crippen LogP contribution in [0.1, 0.15) is 59.8 Å². The van der Waals surface area contributed by atoms with Gasteiger partial charge < -0.3 is 4.74 Å². The predicted octanol–water partition coefficient (Wildman–Crippen LogP) is 6.08. The second-order valence-electron chi connectivity index (χ2n) is 6.13. The summed E-state index contributed by atoms with van der Waals surface area (Å²) in [7, 11) is 0. The van der Waals surface area contributed by atoms with Crippen molar-refractivity contribution in [3.8, 4) is 0 Å². The van der Waals surface area contributed by atoms with Gasteiger partial charge in [-0.1, -0.05) is 41.5 Å². The Balaban J connectivity index is 4.39. The molecule has 0 spiro atoms. The van der Waals surface area contributed by atoms with E-state index in [1.54, 1.807) is 6.08 Å². The van der Waals surface area contributed by atoms with Gasteiger partial charge in [0, 0.05) is 12.5 Å². The Morgan fingerprint density at radius 1 is 1.00 bits per heavy atom. The highest BCUT2D eigenvalue weighted by Crippen LogP contribution is 2.13. The fraction of sp³-hybridized carbons (Fsp3) is 0.476. The van der Waals surface area contributed by atoms with Gasteiger partial charge >= 0.3 is 5.97 Å². The molecule has 0 radical (unpaired) electrons. The first-order valence-corrected chi connectivity index (χ1v) is 8.29. The van der Waals surface area contributed by atoms with Crippen molar-refractivity contribution in [1.29, 1.82) is 0 Å². The molecule has 0 bridgehead atoms. The van der Waals surface area contributed by atoms with Crippen LogP contribution in [0.25, 0.3) is 0 Å². The third-order valence-electron chi connectivity index (χ3n) is 3.43. The molecule has 0 N–H and O–H groups in total. The summed E-state index contributed by atoms with van der Waals surface area (Å²) < 4.78 is 5.29. The van der Waals surface area contributed by atoms with Crippen LogP contribution in [-0.2, 0) is 9.53 Å². The van der Waals surface area contributed by atoms with Crippen LogP contribution >= 0.6 is 0 Å².